The van der Waals surface area contributed by atoms with Crippen LogP contribution >= 0.6 is 0 Å². The van der Waals surface area contributed by atoms with Gasteiger partial charge >= 0.3 is 0 Å². The Morgan fingerprint density at radius 2 is 2.05 bits per heavy atom. The molecule has 0 bridgehead atoms. The molecular weight excluding hydrogens is 500 g/mol. The fraction of sp³-hybridized carbons (Fsp3) is 0.259. The number of likely N-dealkylation sites (tertiary alicyclic amines) is 1. The maximum absolute atomic E-state index is 12.9. The molecule has 2 atom stereocenters. The number of carbonyl (C=O) groups excluding carboxylic acids is 2. The molecule has 5 rings (SSSR count). The van der Waals surface area contributed by atoms with Crippen LogP contribution in [0, 0.1) is 0 Å². The van der Waals surface area contributed by atoms with E-state index in [1.54, 1.807) is 30.3 Å². The van der Waals surface area contributed by atoms with E-state index in [1.165, 1.54) is 25.6 Å². The van der Waals surface area contributed by atoms with Crippen LogP contribution in [0.15, 0.2) is 72.2 Å². The molecule has 12 heteroatoms. The molecule has 0 radical (unpaired) electrons. The zero-order chi connectivity index (χ0) is 27.4. The molecule has 200 valence electrons. The minimum atomic E-state index is -0.384. The molecule has 1 fully saturated rings. The fourth-order valence-corrected chi connectivity index (χ4v) is 4.63. The molecule has 39 heavy (non-hydrogen) atoms. The summed E-state index contributed by atoms with van der Waals surface area (Å²) in [4.78, 5) is 31.3. The fourth-order valence-electron chi connectivity index (χ4n) is 4.63. The molecule has 0 saturated carbocycles. The summed E-state index contributed by atoms with van der Waals surface area (Å²) < 4.78 is 12.3. The van der Waals surface area contributed by atoms with E-state index in [0.29, 0.717) is 28.4 Å². The van der Waals surface area contributed by atoms with E-state index < -0.39 is 0 Å². The van der Waals surface area contributed by atoms with Gasteiger partial charge in [-0.25, -0.2) is 9.67 Å². The van der Waals surface area contributed by atoms with Gasteiger partial charge in [0.15, 0.2) is 0 Å². The second-order valence-electron chi connectivity index (χ2n) is 9.29. The van der Waals surface area contributed by atoms with E-state index in [0.717, 1.165) is 25.1 Å². The Labute approximate surface area is 224 Å². The van der Waals surface area contributed by atoms with Crippen molar-refractivity contribution in [3.63, 3.8) is 0 Å². The van der Waals surface area contributed by atoms with Crippen LogP contribution in [0.1, 0.15) is 23.0 Å². The molecule has 4 heterocycles. The number of aromatic nitrogens is 5. The van der Waals surface area contributed by atoms with Gasteiger partial charge in [-0.15, -0.1) is 5.10 Å². The largest absolute Gasteiger partial charge is 0.495 e. The molecular formula is C27H28N8O4. The minimum absolute atomic E-state index is 0.0126. The molecule has 4 aromatic rings. The van der Waals surface area contributed by atoms with Gasteiger partial charge in [-0.3, -0.25) is 9.59 Å². The van der Waals surface area contributed by atoms with Gasteiger partial charge in [-0.05, 0) is 43.8 Å². The van der Waals surface area contributed by atoms with Crippen molar-refractivity contribution in [1.29, 1.82) is 0 Å². The summed E-state index contributed by atoms with van der Waals surface area (Å²) in [5, 5.41) is 18.2. The molecule has 2 N–H and O–H groups in total. The van der Waals surface area contributed by atoms with Crippen molar-refractivity contribution in [2.45, 2.75) is 18.5 Å². The standard InChI is InChI=1S/C27H28N8O4/c1-4-26(36)29-19-11-20(14-34(2)13-19)35-15-24(32-33-35)17-8-9-22(25(10-17)38-3)31-27(37)23-7-5-6-21(30-23)18-12-28-39-16-18/h4-10,12,15-16,19-20H,1,11,13-14H2,2-3H3,(H,29,36)(H,31,37). The van der Waals surface area contributed by atoms with E-state index in [2.05, 4.69) is 42.6 Å². The van der Waals surface area contributed by atoms with E-state index in [9.17, 15) is 9.59 Å². The number of ether oxygens (including phenoxy) is 1. The van der Waals surface area contributed by atoms with Crippen LogP contribution in [0.4, 0.5) is 5.69 Å². The topological polar surface area (TPSA) is 140 Å². The van der Waals surface area contributed by atoms with Crippen LogP contribution < -0.4 is 15.4 Å². The summed E-state index contributed by atoms with van der Waals surface area (Å²) >= 11 is 0. The van der Waals surface area contributed by atoms with E-state index in [-0.39, 0.29) is 29.6 Å². The monoisotopic (exact) mass is 528 g/mol. The lowest BCUT2D eigenvalue weighted by Gasteiger charge is -2.35. The van der Waals surface area contributed by atoms with Crippen molar-refractivity contribution < 1.29 is 18.8 Å². The molecule has 0 aliphatic carbocycles. The molecule has 1 aliphatic heterocycles. The molecule has 2 amide bonds. The number of pyridine rings is 1. The number of nitrogens with zero attached hydrogens (tertiary/aromatic N) is 6. The summed E-state index contributed by atoms with van der Waals surface area (Å²) in [6.45, 7) is 5.06. The SMILES string of the molecule is C=CC(=O)NC1CC(n2cc(-c3ccc(NC(=O)c4cccc(-c5cnoc5)n4)c(OC)c3)nn2)CN(C)C1. The summed E-state index contributed by atoms with van der Waals surface area (Å²) in [6, 6.07) is 10.6. The normalized spacial score (nSPS) is 17.4. The molecule has 1 aliphatic rings. The third-order valence-corrected chi connectivity index (χ3v) is 6.48. The van der Waals surface area contributed by atoms with Crippen molar-refractivity contribution in [3.8, 4) is 28.3 Å². The first-order valence-electron chi connectivity index (χ1n) is 12.3. The van der Waals surface area contributed by atoms with E-state index in [1.807, 2.05) is 24.0 Å². The molecule has 12 nitrogen and oxygen atoms in total. The van der Waals surface area contributed by atoms with Gasteiger partial charge < -0.3 is 24.8 Å². The average Bonchev–Trinajstić information content (AvgIpc) is 3.66. The predicted octanol–water partition coefficient (Wildman–Crippen LogP) is 2.80. The highest BCUT2D eigenvalue weighted by Gasteiger charge is 2.28. The second kappa shape index (κ2) is 11.3. The average molecular weight is 529 g/mol. The number of methoxy groups -OCH3 is 1. The van der Waals surface area contributed by atoms with Crippen molar-refractivity contribution in [3.05, 3.63) is 73.4 Å². The summed E-state index contributed by atoms with van der Waals surface area (Å²) in [5.74, 6) is -0.105. The number of hydrogen-bond donors (Lipinski definition) is 2. The summed E-state index contributed by atoms with van der Waals surface area (Å²) in [5.41, 5.74) is 3.43. The number of carbonyl (C=O) groups is 2. The third-order valence-electron chi connectivity index (χ3n) is 6.48. The van der Waals surface area contributed by atoms with Gasteiger partial charge in [0.2, 0.25) is 5.91 Å². The van der Waals surface area contributed by atoms with Gasteiger partial charge in [0.05, 0.1) is 42.5 Å². The lowest BCUT2D eigenvalue weighted by molar-refractivity contribution is -0.117. The molecule has 3 aromatic heterocycles. The van der Waals surface area contributed by atoms with Crippen molar-refractivity contribution in [1.82, 2.24) is 35.4 Å². The maximum atomic E-state index is 12.9. The Bertz CT molecular complexity index is 1480. The van der Waals surface area contributed by atoms with Gasteiger partial charge in [-0.1, -0.05) is 29.1 Å². The van der Waals surface area contributed by atoms with Crippen LogP contribution in [0.25, 0.3) is 22.5 Å². The Morgan fingerprint density at radius 3 is 2.82 bits per heavy atom. The van der Waals surface area contributed by atoms with Gasteiger partial charge in [0.25, 0.3) is 5.91 Å². The van der Waals surface area contributed by atoms with Crippen LogP contribution in [-0.2, 0) is 4.79 Å². The number of hydrogen-bond acceptors (Lipinski definition) is 9. The predicted molar refractivity (Wildman–Crippen MR) is 143 cm³/mol. The maximum Gasteiger partial charge on any atom is 0.274 e. The first-order valence-corrected chi connectivity index (χ1v) is 12.3. The van der Waals surface area contributed by atoms with Crippen molar-refractivity contribution in [2.75, 3.05) is 32.6 Å². The molecule has 1 aromatic carbocycles. The number of rotatable bonds is 8. The van der Waals surface area contributed by atoms with Gasteiger partial charge in [0, 0.05) is 24.7 Å². The van der Waals surface area contributed by atoms with Crippen LogP contribution in [-0.4, -0.2) is 75.1 Å². The highest BCUT2D eigenvalue weighted by atomic mass is 16.5. The highest BCUT2D eigenvalue weighted by Crippen LogP contribution is 2.31. The second-order valence-corrected chi connectivity index (χ2v) is 9.29. The summed E-state index contributed by atoms with van der Waals surface area (Å²) in [7, 11) is 3.54. The van der Waals surface area contributed by atoms with Gasteiger partial charge in [0.1, 0.15) is 23.4 Å². The lowest BCUT2D eigenvalue weighted by Crippen LogP contribution is -2.49. The number of likely N-dealkylation sites (N-methyl/N-ethyl adjacent to an activating group) is 1. The minimum Gasteiger partial charge on any atom is -0.495 e. The molecule has 0 spiro atoms. The quantitative estimate of drug-likeness (QED) is 0.330. The Morgan fingerprint density at radius 1 is 1.18 bits per heavy atom. The first kappa shape index (κ1) is 25.8. The number of nitrogens with one attached hydrogen (secondary N) is 2. The number of piperidine rings is 1. The van der Waals surface area contributed by atoms with Crippen LogP contribution in [0.5, 0.6) is 5.75 Å². The van der Waals surface area contributed by atoms with Gasteiger partial charge in [-0.2, -0.15) is 0 Å². The Balaban J connectivity index is 1.31. The lowest BCUT2D eigenvalue weighted by atomic mass is 10.0. The van der Waals surface area contributed by atoms with Crippen molar-refractivity contribution in [2.24, 2.45) is 0 Å². The summed E-state index contributed by atoms with van der Waals surface area (Å²) in [6.07, 6.45) is 6.89. The Kier molecular flexibility index (Phi) is 7.46. The number of anilines is 1. The highest BCUT2D eigenvalue weighted by molar-refractivity contribution is 6.04. The smallest absolute Gasteiger partial charge is 0.274 e. The third kappa shape index (κ3) is 5.85. The van der Waals surface area contributed by atoms with E-state index in [4.69, 9.17) is 9.26 Å². The van der Waals surface area contributed by atoms with Crippen molar-refractivity contribution >= 4 is 17.5 Å². The van der Waals surface area contributed by atoms with Crippen LogP contribution in [0.2, 0.25) is 0 Å². The Hall–Kier alpha value is -4.84. The number of benzene rings is 1. The zero-order valence-corrected chi connectivity index (χ0v) is 21.6. The number of amides is 2. The van der Waals surface area contributed by atoms with Crippen LogP contribution in [0.3, 0.4) is 0 Å². The molecule has 2 unspecified atom stereocenters. The first-order chi connectivity index (χ1) is 18.9. The zero-order valence-electron chi connectivity index (χ0n) is 21.6. The van der Waals surface area contributed by atoms with E-state index >= 15 is 0 Å². The molecule has 1 saturated heterocycles.